The standard InChI is InChI=1S/C21H36N6.HI/c1-5-22-21(27-15-17(2)12-18(3)16-27)24-14-19-6-7-23-20(13-19)26-10-8-25(4)9-11-26;/h6-7,13,17-18H,5,8-12,14-16H2,1-4H3,(H,22,24);1H. The Morgan fingerprint density at radius 1 is 1.18 bits per heavy atom. The predicted octanol–water partition coefficient (Wildman–Crippen LogP) is 2.89. The van der Waals surface area contributed by atoms with Crippen LogP contribution in [0.2, 0.25) is 0 Å². The van der Waals surface area contributed by atoms with Gasteiger partial charge in [0.1, 0.15) is 5.82 Å². The van der Waals surface area contributed by atoms with Crippen LogP contribution in [0.4, 0.5) is 5.82 Å². The van der Waals surface area contributed by atoms with Crippen LogP contribution >= 0.6 is 24.0 Å². The summed E-state index contributed by atoms with van der Waals surface area (Å²) in [7, 11) is 2.18. The van der Waals surface area contributed by atoms with E-state index in [1.165, 1.54) is 12.0 Å². The number of hydrogen-bond donors (Lipinski definition) is 1. The fourth-order valence-corrected chi connectivity index (χ4v) is 4.20. The average molecular weight is 500 g/mol. The molecule has 3 rings (SSSR count). The minimum atomic E-state index is 0. The number of anilines is 1. The first-order valence-corrected chi connectivity index (χ1v) is 10.5. The Balaban J connectivity index is 0.00000280. The van der Waals surface area contributed by atoms with Gasteiger partial charge in [-0.25, -0.2) is 9.98 Å². The Kier molecular flexibility index (Phi) is 9.27. The molecule has 1 aromatic heterocycles. The third-order valence-electron chi connectivity index (χ3n) is 5.55. The molecule has 2 aliphatic heterocycles. The smallest absolute Gasteiger partial charge is 0.194 e. The van der Waals surface area contributed by atoms with E-state index < -0.39 is 0 Å². The number of rotatable bonds is 4. The molecule has 2 unspecified atom stereocenters. The zero-order chi connectivity index (χ0) is 19.2. The summed E-state index contributed by atoms with van der Waals surface area (Å²) >= 11 is 0. The highest BCUT2D eigenvalue weighted by Crippen LogP contribution is 2.21. The van der Waals surface area contributed by atoms with E-state index in [9.17, 15) is 0 Å². The molecule has 0 aliphatic carbocycles. The molecular formula is C21H37IN6. The van der Waals surface area contributed by atoms with Gasteiger partial charge in [-0.05, 0) is 49.9 Å². The number of aromatic nitrogens is 1. The number of hydrogen-bond acceptors (Lipinski definition) is 4. The molecule has 1 aromatic rings. The fourth-order valence-electron chi connectivity index (χ4n) is 4.20. The predicted molar refractivity (Wildman–Crippen MR) is 129 cm³/mol. The number of nitrogens with zero attached hydrogens (tertiary/aromatic N) is 5. The number of pyridine rings is 1. The highest BCUT2D eigenvalue weighted by Gasteiger charge is 2.24. The number of likely N-dealkylation sites (N-methyl/N-ethyl adjacent to an activating group) is 1. The molecule has 2 atom stereocenters. The van der Waals surface area contributed by atoms with Crippen LogP contribution < -0.4 is 10.2 Å². The summed E-state index contributed by atoms with van der Waals surface area (Å²) in [5, 5.41) is 3.49. The maximum Gasteiger partial charge on any atom is 0.194 e. The second kappa shape index (κ2) is 11.2. The van der Waals surface area contributed by atoms with Gasteiger partial charge in [0.05, 0.1) is 6.54 Å². The second-order valence-electron chi connectivity index (χ2n) is 8.33. The molecule has 2 fully saturated rings. The SMILES string of the molecule is CCNC(=NCc1ccnc(N2CCN(C)CC2)c1)N1CC(C)CC(C)C1.I. The molecule has 28 heavy (non-hydrogen) atoms. The summed E-state index contributed by atoms with van der Waals surface area (Å²) < 4.78 is 0. The summed E-state index contributed by atoms with van der Waals surface area (Å²) in [6, 6.07) is 4.30. The molecule has 7 heteroatoms. The number of piperidine rings is 1. The van der Waals surface area contributed by atoms with Crippen LogP contribution in [-0.4, -0.2) is 73.6 Å². The van der Waals surface area contributed by atoms with Gasteiger partial charge in [0.2, 0.25) is 0 Å². The molecule has 0 amide bonds. The zero-order valence-corrected chi connectivity index (χ0v) is 20.2. The van der Waals surface area contributed by atoms with Gasteiger partial charge >= 0.3 is 0 Å². The molecule has 6 nitrogen and oxygen atoms in total. The quantitative estimate of drug-likeness (QED) is 0.392. The maximum atomic E-state index is 4.95. The summed E-state index contributed by atoms with van der Waals surface area (Å²) in [5.41, 5.74) is 1.23. The lowest BCUT2D eigenvalue weighted by Gasteiger charge is -2.37. The highest BCUT2D eigenvalue weighted by atomic mass is 127. The van der Waals surface area contributed by atoms with Crippen LogP contribution in [0.3, 0.4) is 0 Å². The van der Waals surface area contributed by atoms with Crippen molar-refractivity contribution < 1.29 is 0 Å². The van der Waals surface area contributed by atoms with E-state index in [4.69, 9.17) is 4.99 Å². The Labute approximate surface area is 187 Å². The van der Waals surface area contributed by atoms with Crippen molar-refractivity contribution in [2.75, 3.05) is 57.8 Å². The highest BCUT2D eigenvalue weighted by molar-refractivity contribution is 14.0. The van der Waals surface area contributed by atoms with E-state index >= 15 is 0 Å². The number of aliphatic imine (C=N–C) groups is 1. The molecule has 2 saturated heterocycles. The third kappa shape index (κ3) is 6.47. The van der Waals surface area contributed by atoms with E-state index in [0.29, 0.717) is 6.54 Å². The van der Waals surface area contributed by atoms with Crippen LogP contribution in [0.25, 0.3) is 0 Å². The van der Waals surface area contributed by atoms with Crippen LogP contribution in [0.15, 0.2) is 23.3 Å². The monoisotopic (exact) mass is 500 g/mol. The summed E-state index contributed by atoms with van der Waals surface area (Å²) in [6.45, 7) is 14.9. The van der Waals surface area contributed by atoms with Gasteiger partial charge in [-0.1, -0.05) is 13.8 Å². The minimum Gasteiger partial charge on any atom is -0.357 e. The molecule has 0 radical (unpaired) electrons. The van der Waals surface area contributed by atoms with Gasteiger partial charge < -0.3 is 20.0 Å². The van der Waals surface area contributed by atoms with Gasteiger partial charge in [0.25, 0.3) is 0 Å². The van der Waals surface area contributed by atoms with Crippen LogP contribution in [0, 0.1) is 11.8 Å². The summed E-state index contributed by atoms with van der Waals surface area (Å²) in [5.74, 6) is 3.58. The Morgan fingerprint density at radius 2 is 1.86 bits per heavy atom. The van der Waals surface area contributed by atoms with Gasteiger partial charge in [-0.15, -0.1) is 24.0 Å². The molecule has 0 bridgehead atoms. The summed E-state index contributed by atoms with van der Waals surface area (Å²) in [6.07, 6.45) is 3.24. The Morgan fingerprint density at radius 3 is 2.50 bits per heavy atom. The first-order valence-electron chi connectivity index (χ1n) is 10.5. The molecule has 158 valence electrons. The lowest BCUT2D eigenvalue weighted by Crippen LogP contribution is -2.48. The van der Waals surface area contributed by atoms with E-state index in [1.54, 1.807) is 0 Å². The van der Waals surface area contributed by atoms with E-state index in [1.807, 2.05) is 6.20 Å². The van der Waals surface area contributed by atoms with Crippen molar-refractivity contribution >= 4 is 35.8 Å². The van der Waals surface area contributed by atoms with Gasteiger partial charge in [0.15, 0.2) is 5.96 Å². The van der Waals surface area contributed by atoms with Gasteiger partial charge in [-0.2, -0.15) is 0 Å². The fraction of sp³-hybridized carbons (Fsp3) is 0.714. The van der Waals surface area contributed by atoms with Crippen LogP contribution in [0.5, 0.6) is 0 Å². The van der Waals surface area contributed by atoms with Crippen molar-refractivity contribution in [3.8, 4) is 0 Å². The lowest BCUT2D eigenvalue weighted by molar-refractivity contribution is 0.208. The van der Waals surface area contributed by atoms with Crippen molar-refractivity contribution in [3.63, 3.8) is 0 Å². The van der Waals surface area contributed by atoms with Crippen molar-refractivity contribution in [3.05, 3.63) is 23.9 Å². The molecule has 0 spiro atoms. The summed E-state index contributed by atoms with van der Waals surface area (Å²) in [4.78, 5) is 16.7. The molecule has 0 aromatic carbocycles. The van der Waals surface area contributed by atoms with Crippen LogP contribution in [-0.2, 0) is 6.54 Å². The number of guanidine groups is 1. The zero-order valence-electron chi connectivity index (χ0n) is 17.9. The lowest BCUT2D eigenvalue weighted by atomic mass is 9.92. The number of nitrogens with one attached hydrogen (secondary N) is 1. The molecule has 3 heterocycles. The van der Waals surface area contributed by atoms with Crippen LogP contribution in [0.1, 0.15) is 32.8 Å². The first-order chi connectivity index (χ1) is 13.0. The second-order valence-corrected chi connectivity index (χ2v) is 8.33. The molecular weight excluding hydrogens is 463 g/mol. The number of halogens is 1. The minimum absolute atomic E-state index is 0. The Hall–Kier alpha value is -1.09. The van der Waals surface area contributed by atoms with E-state index in [-0.39, 0.29) is 24.0 Å². The first kappa shape index (κ1) is 23.2. The molecule has 1 N–H and O–H groups in total. The van der Waals surface area contributed by atoms with E-state index in [2.05, 4.69) is 65.0 Å². The molecule has 2 aliphatic rings. The average Bonchev–Trinajstić information content (AvgIpc) is 2.65. The third-order valence-corrected chi connectivity index (χ3v) is 5.55. The maximum absolute atomic E-state index is 4.95. The van der Waals surface area contributed by atoms with Crippen molar-refractivity contribution in [1.82, 2.24) is 20.1 Å². The topological polar surface area (TPSA) is 47.0 Å². The van der Waals surface area contributed by atoms with Crippen molar-refractivity contribution in [2.24, 2.45) is 16.8 Å². The number of likely N-dealkylation sites (tertiary alicyclic amines) is 1. The van der Waals surface area contributed by atoms with Gasteiger partial charge in [0, 0.05) is 52.0 Å². The normalized spacial score (nSPS) is 24.1. The van der Waals surface area contributed by atoms with Crippen molar-refractivity contribution in [1.29, 1.82) is 0 Å². The molecule has 0 saturated carbocycles. The largest absolute Gasteiger partial charge is 0.357 e. The van der Waals surface area contributed by atoms with Gasteiger partial charge in [-0.3, -0.25) is 0 Å². The Bertz CT molecular complexity index is 619. The number of piperazine rings is 1. The van der Waals surface area contributed by atoms with E-state index in [0.717, 1.165) is 69.4 Å². The van der Waals surface area contributed by atoms with Crippen molar-refractivity contribution in [2.45, 2.75) is 33.7 Å².